The van der Waals surface area contributed by atoms with Gasteiger partial charge in [-0.2, -0.15) is 5.10 Å². The number of hydrogen-bond acceptors (Lipinski definition) is 5. The molecule has 0 unspecified atom stereocenters. The number of carbonyl (C=O) groups excluding carboxylic acids is 1. The predicted octanol–water partition coefficient (Wildman–Crippen LogP) is 5.08. The first-order chi connectivity index (χ1) is 13.7. The Bertz CT molecular complexity index is 602. The van der Waals surface area contributed by atoms with Crippen LogP contribution in [0.5, 0.6) is 17.2 Å². The van der Waals surface area contributed by atoms with Crippen molar-refractivity contribution in [2.45, 2.75) is 71.1 Å². The lowest BCUT2D eigenvalue weighted by Crippen LogP contribution is -2.17. The Balaban J connectivity index is 2.32. The molecule has 1 aromatic carbocycles. The van der Waals surface area contributed by atoms with E-state index in [1.165, 1.54) is 44.9 Å². The maximum atomic E-state index is 11.9. The standard InChI is InChI=1S/C22H36N2O4/c1-5-6-7-8-9-10-11-12-13-14-22(25)24-23-17-18-15-20(27-3)21(28-4)16-19(18)26-2/h15-17H,5-14H2,1-4H3,(H,24,25)/b23-17+. The molecule has 6 heteroatoms. The molecule has 1 N–H and O–H groups in total. The van der Waals surface area contributed by atoms with E-state index in [2.05, 4.69) is 17.5 Å². The fourth-order valence-electron chi connectivity index (χ4n) is 2.98. The number of carbonyl (C=O) groups is 1. The van der Waals surface area contributed by atoms with E-state index in [-0.39, 0.29) is 5.91 Å². The number of hydrazone groups is 1. The number of hydrogen-bond donors (Lipinski definition) is 1. The lowest BCUT2D eigenvalue weighted by molar-refractivity contribution is -0.121. The van der Waals surface area contributed by atoms with Crippen LogP contribution in [0, 0.1) is 0 Å². The maximum Gasteiger partial charge on any atom is 0.240 e. The molecule has 0 aliphatic heterocycles. The summed E-state index contributed by atoms with van der Waals surface area (Å²) in [5.41, 5.74) is 3.27. The number of amides is 1. The fourth-order valence-corrected chi connectivity index (χ4v) is 2.98. The molecule has 0 aliphatic carbocycles. The number of benzene rings is 1. The van der Waals surface area contributed by atoms with Gasteiger partial charge in [-0.25, -0.2) is 5.43 Å². The third-order valence-corrected chi connectivity index (χ3v) is 4.64. The summed E-state index contributed by atoms with van der Waals surface area (Å²) in [5, 5.41) is 4.04. The highest BCUT2D eigenvalue weighted by atomic mass is 16.5. The second-order valence-corrected chi connectivity index (χ2v) is 6.82. The van der Waals surface area contributed by atoms with Crippen molar-refractivity contribution >= 4 is 12.1 Å². The maximum absolute atomic E-state index is 11.9. The normalized spacial score (nSPS) is 10.9. The van der Waals surface area contributed by atoms with Crippen molar-refractivity contribution in [3.8, 4) is 17.2 Å². The molecule has 0 saturated carbocycles. The first-order valence-corrected chi connectivity index (χ1v) is 10.3. The molecule has 1 rings (SSSR count). The Morgan fingerprint density at radius 3 is 1.96 bits per heavy atom. The van der Waals surface area contributed by atoms with E-state index < -0.39 is 0 Å². The van der Waals surface area contributed by atoms with Crippen LogP contribution in [-0.4, -0.2) is 33.5 Å². The van der Waals surface area contributed by atoms with Gasteiger partial charge in [0, 0.05) is 18.1 Å². The first-order valence-electron chi connectivity index (χ1n) is 10.3. The molecule has 0 atom stereocenters. The molecule has 0 heterocycles. The van der Waals surface area contributed by atoms with E-state index in [9.17, 15) is 4.79 Å². The van der Waals surface area contributed by atoms with Crippen LogP contribution in [0.1, 0.15) is 76.7 Å². The van der Waals surface area contributed by atoms with Gasteiger partial charge in [-0.3, -0.25) is 4.79 Å². The fraction of sp³-hybridized carbons (Fsp3) is 0.636. The monoisotopic (exact) mass is 392 g/mol. The van der Waals surface area contributed by atoms with Crippen molar-refractivity contribution in [3.05, 3.63) is 17.7 Å². The van der Waals surface area contributed by atoms with Crippen LogP contribution >= 0.6 is 0 Å². The summed E-state index contributed by atoms with van der Waals surface area (Å²) in [7, 11) is 4.71. The van der Waals surface area contributed by atoms with Crippen LogP contribution in [0.3, 0.4) is 0 Å². The van der Waals surface area contributed by atoms with E-state index in [0.29, 0.717) is 29.2 Å². The van der Waals surface area contributed by atoms with Gasteiger partial charge in [-0.15, -0.1) is 0 Å². The second-order valence-electron chi connectivity index (χ2n) is 6.82. The van der Waals surface area contributed by atoms with Crippen molar-refractivity contribution < 1.29 is 19.0 Å². The molecule has 0 saturated heterocycles. The van der Waals surface area contributed by atoms with Gasteiger partial charge in [0.05, 0.1) is 27.5 Å². The molecule has 0 radical (unpaired) electrons. The molecule has 0 fully saturated rings. The molecule has 0 bridgehead atoms. The van der Waals surface area contributed by atoms with Crippen LogP contribution in [-0.2, 0) is 4.79 Å². The van der Waals surface area contributed by atoms with Gasteiger partial charge in [-0.05, 0) is 12.5 Å². The minimum atomic E-state index is -0.0707. The smallest absolute Gasteiger partial charge is 0.240 e. The van der Waals surface area contributed by atoms with Crippen LogP contribution in [0.2, 0.25) is 0 Å². The Morgan fingerprint density at radius 2 is 1.39 bits per heavy atom. The van der Waals surface area contributed by atoms with Gasteiger partial charge in [-0.1, -0.05) is 58.3 Å². The summed E-state index contributed by atoms with van der Waals surface area (Å²) in [6.45, 7) is 2.24. The van der Waals surface area contributed by atoms with E-state index in [4.69, 9.17) is 14.2 Å². The molecule has 0 aliphatic rings. The highest BCUT2D eigenvalue weighted by Gasteiger charge is 2.10. The van der Waals surface area contributed by atoms with Gasteiger partial charge < -0.3 is 14.2 Å². The minimum Gasteiger partial charge on any atom is -0.496 e. The van der Waals surface area contributed by atoms with Crippen LogP contribution in [0.25, 0.3) is 0 Å². The zero-order chi connectivity index (χ0) is 20.6. The number of rotatable bonds is 15. The summed E-state index contributed by atoms with van der Waals surface area (Å²) in [6.07, 6.45) is 13.1. The summed E-state index contributed by atoms with van der Waals surface area (Å²) < 4.78 is 15.9. The summed E-state index contributed by atoms with van der Waals surface area (Å²) in [5.74, 6) is 1.67. The van der Waals surface area contributed by atoms with E-state index in [0.717, 1.165) is 12.8 Å². The predicted molar refractivity (Wildman–Crippen MR) is 114 cm³/mol. The zero-order valence-electron chi connectivity index (χ0n) is 17.9. The van der Waals surface area contributed by atoms with Crippen molar-refractivity contribution in [1.29, 1.82) is 0 Å². The number of nitrogens with one attached hydrogen (secondary N) is 1. The molecule has 1 amide bonds. The highest BCUT2D eigenvalue weighted by molar-refractivity contribution is 5.86. The van der Waals surface area contributed by atoms with Crippen molar-refractivity contribution in [1.82, 2.24) is 5.43 Å². The van der Waals surface area contributed by atoms with Crippen molar-refractivity contribution in [2.75, 3.05) is 21.3 Å². The second kappa shape index (κ2) is 14.8. The quantitative estimate of drug-likeness (QED) is 0.257. The number of methoxy groups -OCH3 is 3. The lowest BCUT2D eigenvalue weighted by atomic mass is 10.1. The summed E-state index contributed by atoms with van der Waals surface area (Å²) in [6, 6.07) is 3.48. The van der Waals surface area contributed by atoms with E-state index in [1.54, 1.807) is 39.7 Å². The molecule has 0 spiro atoms. The van der Waals surface area contributed by atoms with Crippen molar-refractivity contribution in [3.63, 3.8) is 0 Å². The third-order valence-electron chi connectivity index (χ3n) is 4.64. The average Bonchev–Trinajstić information content (AvgIpc) is 2.72. The molecule has 0 aromatic heterocycles. The van der Waals surface area contributed by atoms with Crippen LogP contribution < -0.4 is 19.6 Å². The molecular weight excluding hydrogens is 356 g/mol. The Labute approximate surface area is 169 Å². The zero-order valence-corrected chi connectivity index (χ0v) is 17.9. The number of nitrogens with zero attached hydrogens (tertiary/aromatic N) is 1. The van der Waals surface area contributed by atoms with Gasteiger partial charge in [0.2, 0.25) is 5.91 Å². The summed E-state index contributed by atoms with van der Waals surface area (Å²) in [4.78, 5) is 11.9. The highest BCUT2D eigenvalue weighted by Crippen LogP contribution is 2.33. The van der Waals surface area contributed by atoms with Gasteiger partial charge in [0.1, 0.15) is 5.75 Å². The van der Waals surface area contributed by atoms with Gasteiger partial charge in [0.25, 0.3) is 0 Å². The molecule has 28 heavy (non-hydrogen) atoms. The van der Waals surface area contributed by atoms with Crippen LogP contribution in [0.4, 0.5) is 0 Å². The Hall–Kier alpha value is -2.24. The summed E-state index contributed by atoms with van der Waals surface area (Å²) >= 11 is 0. The van der Waals surface area contributed by atoms with E-state index in [1.807, 2.05) is 0 Å². The topological polar surface area (TPSA) is 69.2 Å². The number of ether oxygens (including phenoxy) is 3. The molecular formula is C22H36N2O4. The largest absolute Gasteiger partial charge is 0.496 e. The van der Waals surface area contributed by atoms with E-state index >= 15 is 0 Å². The molecule has 6 nitrogen and oxygen atoms in total. The van der Waals surface area contributed by atoms with Crippen LogP contribution in [0.15, 0.2) is 17.2 Å². The van der Waals surface area contributed by atoms with Gasteiger partial charge in [0.15, 0.2) is 11.5 Å². The molecule has 158 valence electrons. The SMILES string of the molecule is CCCCCCCCCCCC(=O)N/N=C/c1cc(OC)c(OC)cc1OC. The first kappa shape index (κ1) is 23.8. The third kappa shape index (κ3) is 9.11. The lowest BCUT2D eigenvalue weighted by Gasteiger charge is -2.11. The Kier molecular flexibility index (Phi) is 12.6. The van der Waals surface area contributed by atoms with Crippen molar-refractivity contribution in [2.24, 2.45) is 5.10 Å². The van der Waals surface area contributed by atoms with Gasteiger partial charge >= 0.3 is 0 Å². The molecule has 1 aromatic rings. The Morgan fingerprint density at radius 1 is 0.857 bits per heavy atom. The number of unbranched alkanes of at least 4 members (excludes halogenated alkanes) is 8. The average molecular weight is 393 g/mol. The minimum absolute atomic E-state index is 0.0707.